The van der Waals surface area contributed by atoms with E-state index in [1.54, 1.807) is 0 Å². The summed E-state index contributed by atoms with van der Waals surface area (Å²) < 4.78 is 0. The molecule has 0 spiro atoms. The first-order chi connectivity index (χ1) is 9.72. The maximum Gasteiger partial charge on any atom is 0.220 e. The van der Waals surface area contributed by atoms with Crippen molar-refractivity contribution in [2.75, 3.05) is 11.5 Å². The normalized spacial score (nSPS) is 12.1. The minimum Gasteiger partial charge on any atom is -0.353 e. The summed E-state index contributed by atoms with van der Waals surface area (Å²) in [4.78, 5) is 11.7. The number of rotatable bonds is 10. The highest BCUT2D eigenvalue weighted by molar-refractivity contribution is 7.98. The Morgan fingerprint density at radius 3 is 2.70 bits per heavy atom. The van der Waals surface area contributed by atoms with E-state index >= 15 is 0 Å². The molecule has 0 fully saturated rings. The number of thioether (sulfide) groups is 1. The van der Waals surface area contributed by atoms with Gasteiger partial charge in [-0.2, -0.15) is 24.4 Å². The van der Waals surface area contributed by atoms with Gasteiger partial charge in [0.15, 0.2) is 0 Å². The van der Waals surface area contributed by atoms with Crippen molar-refractivity contribution >= 4 is 30.3 Å². The van der Waals surface area contributed by atoms with Crippen LogP contribution in [-0.2, 0) is 10.5 Å². The van der Waals surface area contributed by atoms with Crippen molar-refractivity contribution in [1.82, 2.24) is 5.32 Å². The summed E-state index contributed by atoms with van der Waals surface area (Å²) in [5, 5.41) is 3.06. The summed E-state index contributed by atoms with van der Waals surface area (Å²) >= 11 is 6.03. The largest absolute Gasteiger partial charge is 0.353 e. The fourth-order valence-corrected chi connectivity index (χ4v) is 3.10. The molecule has 112 valence electrons. The molecule has 1 aromatic rings. The van der Waals surface area contributed by atoms with Crippen LogP contribution in [0.3, 0.4) is 0 Å². The molecule has 1 atom stereocenters. The van der Waals surface area contributed by atoms with Crippen LogP contribution in [0.4, 0.5) is 0 Å². The highest BCUT2D eigenvalue weighted by Gasteiger charge is 2.07. The summed E-state index contributed by atoms with van der Waals surface area (Å²) in [7, 11) is 0. The SMILES string of the molecule is CC(CSCc1ccccc1)NC(=O)CCCCCS. The second-order valence-corrected chi connectivity index (χ2v) is 6.48. The quantitative estimate of drug-likeness (QED) is 0.506. The van der Waals surface area contributed by atoms with Gasteiger partial charge in [0.2, 0.25) is 5.91 Å². The van der Waals surface area contributed by atoms with Gasteiger partial charge in [0.25, 0.3) is 0 Å². The molecule has 1 rings (SSSR count). The van der Waals surface area contributed by atoms with Gasteiger partial charge in [0, 0.05) is 24.0 Å². The van der Waals surface area contributed by atoms with E-state index < -0.39 is 0 Å². The van der Waals surface area contributed by atoms with Crippen molar-refractivity contribution in [2.24, 2.45) is 0 Å². The standard InChI is InChI=1S/C16H25NOS2/c1-14(17-16(18)10-6-3-7-11-19)12-20-13-15-8-4-2-5-9-15/h2,4-5,8-9,14,19H,3,6-7,10-13H2,1H3,(H,17,18). The molecule has 0 saturated heterocycles. The van der Waals surface area contributed by atoms with Gasteiger partial charge in [-0.05, 0) is 31.1 Å². The Morgan fingerprint density at radius 1 is 1.25 bits per heavy atom. The smallest absolute Gasteiger partial charge is 0.220 e. The van der Waals surface area contributed by atoms with Crippen LogP contribution in [0.25, 0.3) is 0 Å². The van der Waals surface area contributed by atoms with E-state index in [0.29, 0.717) is 6.42 Å². The average molecular weight is 312 g/mol. The molecular formula is C16H25NOS2. The molecule has 0 bridgehead atoms. The molecular weight excluding hydrogens is 286 g/mol. The van der Waals surface area contributed by atoms with Crippen LogP contribution < -0.4 is 5.32 Å². The summed E-state index contributed by atoms with van der Waals surface area (Å²) in [6, 6.07) is 10.7. The zero-order valence-electron chi connectivity index (χ0n) is 12.2. The Hall–Kier alpha value is -0.610. The van der Waals surface area contributed by atoms with Crippen molar-refractivity contribution in [3.8, 4) is 0 Å². The average Bonchev–Trinajstić information content (AvgIpc) is 2.45. The number of thiol groups is 1. The third-order valence-electron chi connectivity index (χ3n) is 2.95. The number of unbranched alkanes of at least 4 members (excludes halogenated alkanes) is 2. The summed E-state index contributed by atoms with van der Waals surface area (Å²) in [6.07, 6.45) is 3.80. The lowest BCUT2D eigenvalue weighted by molar-refractivity contribution is -0.121. The molecule has 0 heterocycles. The lowest BCUT2D eigenvalue weighted by Gasteiger charge is -2.13. The summed E-state index contributed by atoms with van der Waals surface area (Å²) in [6.45, 7) is 2.07. The monoisotopic (exact) mass is 311 g/mol. The molecule has 0 aliphatic rings. The third-order valence-corrected chi connectivity index (χ3v) is 4.54. The van der Waals surface area contributed by atoms with Gasteiger partial charge in [-0.15, -0.1) is 0 Å². The predicted octanol–water partition coefficient (Wildman–Crippen LogP) is 3.91. The van der Waals surface area contributed by atoms with E-state index in [2.05, 4.69) is 49.1 Å². The maximum atomic E-state index is 11.7. The number of carbonyl (C=O) groups excluding carboxylic acids is 1. The summed E-state index contributed by atoms with van der Waals surface area (Å²) in [5.74, 6) is 3.05. The fraction of sp³-hybridized carbons (Fsp3) is 0.562. The summed E-state index contributed by atoms with van der Waals surface area (Å²) in [5.41, 5.74) is 1.34. The Bertz CT molecular complexity index is 370. The van der Waals surface area contributed by atoms with Gasteiger partial charge < -0.3 is 5.32 Å². The zero-order chi connectivity index (χ0) is 14.6. The van der Waals surface area contributed by atoms with Crippen LogP contribution >= 0.6 is 24.4 Å². The van der Waals surface area contributed by atoms with E-state index in [9.17, 15) is 4.79 Å². The molecule has 20 heavy (non-hydrogen) atoms. The van der Waals surface area contributed by atoms with E-state index in [4.69, 9.17) is 0 Å². The van der Waals surface area contributed by atoms with Gasteiger partial charge in [0.05, 0.1) is 0 Å². The Morgan fingerprint density at radius 2 is 2.00 bits per heavy atom. The highest BCUT2D eigenvalue weighted by atomic mass is 32.2. The van der Waals surface area contributed by atoms with Gasteiger partial charge >= 0.3 is 0 Å². The number of hydrogen-bond acceptors (Lipinski definition) is 3. The van der Waals surface area contributed by atoms with Crippen molar-refractivity contribution in [3.63, 3.8) is 0 Å². The zero-order valence-corrected chi connectivity index (χ0v) is 13.9. The van der Waals surface area contributed by atoms with Crippen molar-refractivity contribution < 1.29 is 4.79 Å². The van der Waals surface area contributed by atoms with Crippen LogP contribution in [0.2, 0.25) is 0 Å². The van der Waals surface area contributed by atoms with E-state index in [1.165, 1.54) is 5.56 Å². The number of carbonyl (C=O) groups is 1. The van der Waals surface area contributed by atoms with Crippen LogP contribution in [0.1, 0.15) is 38.2 Å². The third kappa shape index (κ3) is 8.54. The Kier molecular flexibility index (Phi) is 9.67. The fourth-order valence-electron chi connectivity index (χ4n) is 1.89. The van der Waals surface area contributed by atoms with E-state index in [-0.39, 0.29) is 11.9 Å². The second kappa shape index (κ2) is 11.1. The van der Waals surface area contributed by atoms with Crippen molar-refractivity contribution in [2.45, 2.75) is 44.4 Å². The molecule has 4 heteroatoms. The van der Waals surface area contributed by atoms with Crippen molar-refractivity contribution in [3.05, 3.63) is 35.9 Å². The minimum absolute atomic E-state index is 0.178. The Labute approximate surface area is 132 Å². The lowest BCUT2D eigenvalue weighted by atomic mass is 10.2. The molecule has 2 nitrogen and oxygen atoms in total. The van der Waals surface area contributed by atoms with E-state index in [0.717, 1.165) is 36.5 Å². The minimum atomic E-state index is 0.178. The molecule has 1 unspecified atom stereocenters. The van der Waals surface area contributed by atoms with Crippen LogP contribution in [0, 0.1) is 0 Å². The van der Waals surface area contributed by atoms with Crippen LogP contribution in [-0.4, -0.2) is 23.5 Å². The number of amides is 1. The van der Waals surface area contributed by atoms with Gasteiger partial charge in [-0.25, -0.2) is 0 Å². The first kappa shape index (κ1) is 17.4. The molecule has 0 saturated carbocycles. The number of nitrogens with one attached hydrogen (secondary N) is 1. The van der Waals surface area contributed by atoms with Crippen molar-refractivity contribution in [1.29, 1.82) is 0 Å². The van der Waals surface area contributed by atoms with E-state index in [1.807, 2.05) is 17.8 Å². The predicted molar refractivity (Wildman–Crippen MR) is 92.5 cm³/mol. The first-order valence-electron chi connectivity index (χ1n) is 7.24. The molecule has 1 amide bonds. The Balaban J connectivity index is 2.07. The topological polar surface area (TPSA) is 29.1 Å². The lowest BCUT2D eigenvalue weighted by Crippen LogP contribution is -2.34. The molecule has 0 aliphatic heterocycles. The maximum absolute atomic E-state index is 11.7. The molecule has 0 radical (unpaired) electrons. The number of benzene rings is 1. The van der Waals surface area contributed by atoms with Gasteiger partial charge in [-0.1, -0.05) is 36.8 Å². The molecule has 0 aromatic heterocycles. The van der Waals surface area contributed by atoms with Crippen LogP contribution in [0.5, 0.6) is 0 Å². The van der Waals surface area contributed by atoms with Gasteiger partial charge in [-0.3, -0.25) is 4.79 Å². The number of hydrogen-bond donors (Lipinski definition) is 2. The van der Waals surface area contributed by atoms with Gasteiger partial charge in [0.1, 0.15) is 0 Å². The molecule has 1 aromatic carbocycles. The molecule has 1 N–H and O–H groups in total. The van der Waals surface area contributed by atoms with Crippen LogP contribution in [0.15, 0.2) is 30.3 Å². The first-order valence-corrected chi connectivity index (χ1v) is 9.03. The molecule has 0 aliphatic carbocycles. The highest BCUT2D eigenvalue weighted by Crippen LogP contribution is 2.12. The second-order valence-electron chi connectivity index (χ2n) is 5.00.